The Morgan fingerprint density at radius 1 is 1.50 bits per heavy atom. The van der Waals surface area contributed by atoms with Crippen LogP contribution in [0.2, 0.25) is 5.02 Å². The molecule has 5 heteroatoms. The van der Waals surface area contributed by atoms with Gasteiger partial charge in [0.2, 0.25) is 0 Å². The summed E-state index contributed by atoms with van der Waals surface area (Å²) >= 11 is 7.71. The van der Waals surface area contributed by atoms with Gasteiger partial charge < -0.3 is 10.1 Å². The number of hydrogen-bond acceptors (Lipinski definition) is 4. The van der Waals surface area contributed by atoms with Crippen molar-refractivity contribution in [2.75, 3.05) is 14.2 Å². The van der Waals surface area contributed by atoms with E-state index in [-0.39, 0.29) is 6.04 Å². The number of nitrogens with one attached hydrogen (secondary N) is 1. The number of benzene rings is 1. The molecule has 0 fully saturated rings. The fraction of sp³-hybridized carbons (Fsp3) is 0.308. The molecule has 96 valence electrons. The number of halogens is 1. The molecule has 1 atom stereocenters. The third-order valence-corrected chi connectivity index (χ3v) is 3.81. The minimum absolute atomic E-state index is 0.143. The number of thiazole rings is 1. The molecule has 1 heterocycles. The van der Waals surface area contributed by atoms with Gasteiger partial charge in [-0.15, -0.1) is 11.3 Å². The van der Waals surface area contributed by atoms with Crippen LogP contribution in [0.1, 0.15) is 16.6 Å². The zero-order chi connectivity index (χ0) is 13.0. The second-order valence-corrected chi connectivity index (χ2v) is 5.27. The van der Waals surface area contributed by atoms with Gasteiger partial charge in [-0.2, -0.15) is 0 Å². The van der Waals surface area contributed by atoms with Gasteiger partial charge in [-0.05, 0) is 25.2 Å². The molecular formula is C13H15ClN2OS. The topological polar surface area (TPSA) is 34.2 Å². The number of nitrogens with zero attached hydrogens (tertiary/aromatic N) is 1. The van der Waals surface area contributed by atoms with Crippen LogP contribution in [0.4, 0.5) is 0 Å². The van der Waals surface area contributed by atoms with Crippen LogP contribution in [0.25, 0.3) is 0 Å². The Morgan fingerprint density at radius 3 is 2.94 bits per heavy atom. The Bertz CT molecular complexity index is 502. The summed E-state index contributed by atoms with van der Waals surface area (Å²) in [4.78, 5) is 4.31. The number of rotatable bonds is 5. The molecule has 0 aliphatic rings. The molecule has 0 radical (unpaired) electrons. The van der Waals surface area contributed by atoms with Gasteiger partial charge in [0.1, 0.15) is 5.75 Å². The molecule has 18 heavy (non-hydrogen) atoms. The summed E-state index contributed by atoms with van der Waals surface area (Å²) in [6.07, 6.45) is 2.65. The molecule has 1 aromatic heterocycles. The molecule has 3 nitrogen and oxygen atoms in total. The quantitative estimate of drug-likeness (QED) is 0.914. The predicted octanol–water partition coefficient (Wildman–Crippen LogP) is 3.31. The van der Waals surface area contributed by atoms with Crippen molar-refractivity contribution in [2.24, 2.45) is 0 Å². The largest absolute Gasteiger partial charge is 0.496 e. The van der Waals surface area contributed by atoms with Gasteiger partial charge in [-0.25, -0.2) is 4.98 Å². The average molecular weight is 283 g/mol. The van der Waals surface area contributed by atoms with Crippen molar-refractivity contribution < 1.29 is 4.74 Å². The summed E-state index contributed by atoms with van der Waals surface area (Å²) in [6.45, 7) is 0. The maximum atomic E-state index is 6.06. The van der Waals surface area contributed by atoms with Crippen LogP contribution in [0.5, 0.6) is 5.75 Å². The molecule has 0 amide bonds. The van der Waals surface area contributed by atoms with Gasteiger partial charge in [0.15, 0.2) is 0 Å². The van der Waals surface area contributed by atoms with Gasteiger partial charge in [0.25, 0.3) is 0 Å². The fourth-order valence-corrected chi connectivity index (χ4v) is 2.72. The van der Waals surface area contributed by atoms with E-state index >= 15 is 0 Å². The van der Waals surface area contributed by atoms with Crippen LogP contribution in [0.3, 0.4) is 0 Å². The van der Waals surface area contributed by atoms with E-state index in [4.69, 9.17) is 16.3 Å². The first kappa shape index (κ1) is 13.3. The van der Waals surface area contributed by atoms with E-state index < -0.39 is 0 Å². The zero-order valence-electron chi connectivity index (χ0n) is 10.3. The summed E-state index contributed by atoms with van der Waals surface area (Å²) in [5.41, 5.74) is 1.06. The fourth-order valence-electron chi connectivity index (χ4n) is 1.87. The lowest BCUT2D eigenvalue weighted by molar-refractivity contribution is 0.401. The number of methoxy groups -OCH3 is 1. The van der Waals surface area contributed by atoms with Gasteiger partial charge in [0.05, 0.1) is 12.1 Å². The molecule has 0 aliphatic carbocycles. The van der Waals surface area contributed by atoms with Crippen molar-refractivity contribution in [3.05, 3.63) is 45.4 Å². The van der Waals surface area contributed by atoms with E-state index in [1.807, 2.05) is 36.8 Å². The molecular weight excluding hydrogens is 268 g/mol. The minimum Gasteiger partial charge on any atom is -0.496 e. The van der Waals surface area contributed by atoms with Crippen molar-refractivity contribution in [2.45, 2.75) is 12.5 Å². The molecule has 0 aliphatic heterocycles. The maximum Gasteiger partial charge on any atom is 0.123 e. The highest BCUT2D eigenvalue weighted by Crippen LogP contribution is 2.30. The Morgan fingerprint density at radius 2 is 2.33 bits per heavy atom. The Labute approximate surface area is 116 Å². The highest BCUT2D eigenvalue weighted by molar-refractivity contribution is 7.09. The average Bonchev–Trinajstić information content (AvgIpc) is 2.88. The summed E-state index contributed by atoms with van der Waals surface area (Å²) in [7, 11) is 3.60. The van der Waals surface area contributed by atoms with Crippen LogP contribution in [-0.2, 0) is 6.42 Å². The first-order valence-electron chi connectivity index (χ1n) is 5.63. The van der Waals surface area contributed by atoms with E-state index in [1.54, 1.807) is 18.4 Å². The van der Waals surface area contributed by atoms with Gasteiger partial charge in [-0.3, -0.25) is 0 Å². The van der Waals surface area contributed by atoms with Crippen LogP contribution >= 0.6 is 22.9 Å². The van der Waals surface area contributed by atoms with Gasteiger partial charge >= 0.3 is 0 Å². The van der Waals surface area contributed by atoms with E-state index in [9.17, 15) is 0 Å². The Hall–Kier alpha value is -1.10. The summed E-state index contributed by atoms with van der Waals surface area (Å²) in [5, 5.41) is 7.08. The second kappa shape index (κ2) is 6.18. The normalized spacial score (nSPS) is 12.4. The zero-order valence-corrected chi connectivity index (χ0v) is 11.9. The SMILES string of the molecule is CNC(Cc1nccs1)c1cc(Cl)ccc1OC. The predicted molar refractivity (Wildman–Crippen MR) is 75.6 cm³/mol. The summed E-state index contributed by atoms with van der Waals surface area (Å²) in [5.74, 6) is 0.843. The molecule has 0 saturated heterocycles. The van der Waals surface area contributed by atoms with Crippen molar-refractivity contribution >= 4 is 22.9 Å². The van der Waals surface area contributed by atoms with E-state index in [0.29, 0.717) is 5.02 Å². The van der Waals surface area contributed by atoms with E-state index in [2.05, 4.69) is 10.3 Å². The van der Waals surface area contributed by atoms with Gasteiger partial charge in [-0.1, -0.05) is 11.6 Å². The highest BCUT2D eigenvalue weighted by atomic mass is 35.5. The lowest BCUT2D eigenvalue weighted by atomic mass is 10.0. The molecule has 2 aromatic rings. The number of aromatic nitrogens is 1. The Kier molecular flexibility index (Phi) is 4.58. The van der Waals surface area contributed by atoms with Crippen molar-refractivity contribution in [1.82, 2.24) is 10.3 Å². The molecule has 2 rings (SSSR count). The van der Waals surface area contributed by atoms with Crippen molar-refractivity contribution in [1.29, 1.82) is 0 Å². The second-order valence-electron chi connectivity index (χ2n) is 3.86. The lowest BCUT2D eigenvalue weighted by Gasteiger charge is -2.18. The van der Waals surface area contributed by atoms with Crippen LogP contribution in [-0.4, -0.2) is 19.1 Å². The van der Waals surface area contributed by atoms with E-state index in [0.717, 1.165) is 22.7 Å². The standard InChI is InChI=1S/C13H15ClN2OS/c1-15-11(8-13-16-5-6-18-13)10-7-9(14)3-4-12(10)17-2/h3-7,11,15H,8H2,1-2H3. The third-order valence-electron chi connectivity index (χ3n) is 2.78. The monoisotopic (exact) mass is 282 g/mol. The molecule has 0 saturated carbocycles. The van der Waals surface area contributed by atoms with Crippen LogP contribution < -0.4 is 10.1 Å². The van der Waals surface area contributed by atoms with Gasteiger partial charge in [0, 0.05) is 34.6 Å². The third kappa shape index (κ3) is 3.02. The number of ether oxygens (including phenoxy) is 1. The maximum absolute atomic E-state index is 6.06. The first-order valence-corrected chi connectivity index (χ1v) is 6.89. The van der Waals surface area contributed by atoms with Crippen LogP contribution in [0, 0.1) is 0 Å². The molecule has 0 bridgehead atoms. The minimum atomic E-state index is 0.143. The van der Waals surface area contributed by atoms with Crippen molar-refractivity contribution in [3.63, 3.8) is 0 Å². The van der Waals surface area contributed by atoms with Crippen molar-refractivity contribution in [3.8, 4) is 5.75 Å². The Balaban J connectivity index is 2.28. The number of likely N-dealkylation sites (N-methyl/N-ethyl adjacent to an activating group) is 1. The summed E-state index contributed by atoms with van der Waals surface area (Å²) in [6, 6.07) is 5.81. The smallest absolute Gasteiger partial charge is 0.123 e. The van der Waals surface area contributed by atoms with E-state index in [1.165, 1.54) is 0 Å². The molecule has 1 unspecified atom stereocenters. The number of hydrogen-bond donors (Lipinski definition) is 1. The molecule has 1 aromatic carbocycles. The molecule has 0 spiro atoms. The first-order chi connectivity index (χ1) is 8.74. The lowest BCUT2D eigenvalue weighted by Crippen LogP contribution is -2.19. The van der Waals surface area contributed by atoms with Crippen LogP contribution in [0.15, 0.2) is 29.8 Å². The molecule has 1 N–H and O–H groups in total. The summed E-state index contributed by atoms with van der Waals surface area (Å²) < 4.78 is 5.39. The highest BCUT2D eigenvalue weighted by Gasteiger charge is 2.16.